The van der Waals surface area contributed by atoms with E-state index in [1.165, 1.54) is 11.1 Å². The molecule has 130 valence electrons. The Morgan fingerprint density at radius 3 is 2.83 bits per heavy atom. The number of ether oxygens (including phenoxy) is 1. The molecule has 2 N–H and O–H groups in total. The molecule has 3 nitrogen and oxygen atoms in total. The highest BCUT2D eigenvalue weighted by molar-refractivity contribution is 5.41. The first kappa shape index (κ1) is 16.2. The number of aliphatic hydroxyl groups is 1. The molecular formula is C21H28O3. The van der Waals surface area contributed by atoms with Crippen molar-refractivity contribution >= 4 is 0 Å². The number of phenols is 1. The van der Waals surface area contributed by atoms with Crippen LogP contribution in [0, 0.1) is 17.3 Å². The summed E-state index contributed by atoms with van der Waals surface area (Å²) < 4.78 is 5.95. The highest BCUT2D eigenvalue weighted by Gasteiger charge is 2.62. The first-order valence-corrected chi connectivity index (χ1v) is 9.14. The van der Waals surface area contributed by atoms with Gasteiger partial charge in [0.1, 0.15) is 5.75 Å². The fourth-order valence-electron chi connectivity index (χ4n) is 6.22. The summed E-state index contributed by atoms with van der Waals surface area (Å²) in [5.41, 5.74) is 1.66. The molecule has 24 heavy (non-hydrogen) atoms. The monoisotopic (exact) mass is 328 g/mol. The minimum Gasteiger partial charge on any atom is -0.508 e. The van der Waals surface area contributed by atoms with Crippen LogP contribution < -0.4 is 0 Å². The normalized spacial score (nSPS) is 43.6. The van der Waals surface area contributed by atoms with E-state index in [-0.39, 0.29) is 11.5 Å². The van der Waals surface area contributed by atoms with Crippen LogP contribution in [0.4, 0.5) is 0 Å². The van der Waals surface area contributed by atoms with Gasteiger partial charge in [0.05, 0.1) is 11.7 Å². The van der Waals surface area contributed by atoms with E-state index in [0.29, 0.717) is 23.5 Å². The molecule has 3 heteroatoms. The number of phenolic OH excluding ortho intramolecular Hbond substituents is 1. The van der Waals surface area contributed by atoms with Crippen molar-refractivity contribution in [2.75, 3.05) is 7.11 Å². The summed E-state index contributed by atoms with van der Waals surface area (Å²) in [6.07, 6.45) is 6.70. The maximum atomic E-state index is 11.2. The third-order valence-electron chi connectivity index (χ3n) is 7.52. The lowest BCUT2D eigenvalue weighted by Crippen LogP contribution is -2.54. The van der Waals surface area contributed by atoms with Crippen molar-refractivity contribution in [1.82, 2.24) is 0 Å². The maximum Gasteiger partial charge on any atom is 0.115 e. The van der Waals surface area contributed by atoms with Gasteiger partial charge in [-0.1, -0.05) is 19.1 Å². The number of benzene rings is 1. The van der Waals surface area contributed by atoms with Gasteiger partial charge in [0, 0.05) is 18.4 Å². The molecule has 4 rings (SSSR count). The first-order valence-electron chi connectivity index (χ1n) is 9.14. The Morgan fingerprint density at radius 1 is 1.33 bits per heavy atom. The first-order chi connectivity index (χ1) is 11.4. The van der Waals surface area contributed by atoms with Crippen LogP contribution in [0.1, 0.15) is 49.7 Å². The molecule has 0 radical (unpaired) electrons. The Morgan fingerprint density at radius 2 is 2.12 bits per heavy atom. The zero-order valence-electron chi connectivity index (χ0n) is 14.7. The summed E-state index contributed by atoms with van der Waals surface area (Å²) in [6, 6.07) is 5.81. The molecule has 3 aliphatic rings. The Bertz CT molecular complexity index is 669. The third kappa shape index (κ3) is 1.98. The van der Waals surface area contributed by atoms with Gasteiger partial charge in [-0.15, -0.1) is 6.58 Å². The average molecular weight is 328 g/mol. The van der Waals surface area contributed by atoms with Crippen molar-refractivity contribution in [2.24, 2.45) is 17.3 Å². The second-order valence-corrected chi connectivity index (χ2v) is 8.28. The smallest absolute Gasteiger partial charge is 0.115 e. The third-order valence-corrected chi connectivity index (χ3v) is 7.52. The van der Waals surface area contributed by atoms with E-state index in [1.807, 2.05) is 6.07 Å². The second kappa shape index (κ2) is 5.34. The lowest BCUT2D eigenvalue weighted by atomic mass is 9.52. The number of hydrogen-bond donors (Lipinski definition) is 2. The van der Waals surface area contributed by atoms with E-state index in [2.05, 4.69) is 19.6 Å². The molecule has 3 aliphatic carbocycles. The van der Waals surface area contributed by atoms with E-state index < -0.39 is 5.60 Å². The Balaban J connectivity index is 1.79. The van der Waals surface area contributed by atoms with E-state index in [4.69, 9.17) is 4.74 Å². The van der Waals surface area contributed by atoms with Crippen molar-refractivity contribution in [3.8, 4) is 5.75 Å². The van der Waals surface area contributed by atoms with Crippen molar-refractivity contribution in [3.05, 3.63) is 42.0 Å². The standard InChI is InChI=1S/C21H28O3/c1-4-21(23)10-9-17-16-7-5-13-11-14(22)6-8-15(13)19(16)18(24-3)12-20(17,21)2/h4,6,8,11,16-19,22-23H,1,5,7,9-10,12H2,2-3H3/t16-,17-,18-,19+,20-,21-/m0/s1. The molecule has 0 aromatic heterocycles. The molecule has 1 aromatic carbocycles. The van der Waals surface area contributed by atoms with Gasteiger partial charge >= 0.3 is 0 Å². The topological polar surface area (TPSA) is 49.7 Å². The van der Waals surface area contributed by atoms with E-state index >= 15 is 0 Å². The van der Waals surface area contributed by atoms with Crippen LogP contribution in [-0.4, -0.2) is 29.0 Å². The van der Waals surface area contributed by atoms with Crippen LogP contribution in [0.25, 0.3) is 0 Å². The predicted octanol–water partition coefficient (Wildman–Crippen LogP) is 3.79. The highest BCUT2D eigenvalue weighted by Crippen LogP contribution is 2.65. The van der Waals surface area contributed by atoms with Gasteiger partial charge in [0.15, 0.2) is 0 Å². The maximum absolute atomic E-state index is 11.2. The van der Waals surface area contributed by atoms with Gasteiger partial charge in [0.25, 0.3) is 0 Å². The van der Waals surface area contributed by atoms with Crippen LogP contribution in [0.15, 0.2) is 30.9 Å². The van der Waals surface area contributed by atoms with Gasteiger partial charge in [-0.25, -0.2) is 0 Å². The van der Waals surface area contributed by atoms with E-state index in [9.17, 15) is 10.2 Å². The summed E-state index contributed by atoms with van der Waals surface area (Å²) in [5.74, 6) is 1.74. The summed E-state index contributed by atoms with van der Waals surface area (Å²) >= 11 is 0. The zero-order valence-corrected chi connectivity index (χ0v) is 14.7. The summed E-state index contributed by atoms with van der Waals surface area (Å²) in [5, 5.41) is 21.0. The van der Waals surface area contributed by atoms with Crippen molar-refractivity contribution in [1.29, 1.82) is 0 Å². The van der Waals surface area contributed by atoms with E-state index in [0.717, 1.165) is 32.1 Å². The molecule has 0 bridgehead atoms. The molecule has 0 heterocycles. The van der Waals surface area contributed by atoms with Gasteiger partial charge in [0.2, 0.25) is 0 Å². The van der Waals surface area contributed by atoms with Crippen LogP contribution in [-0.2, 0) is 11.2 Å². The molecule has 0 amide bonds. The van der Waals surface area contributed by atoms with Crippen molar-refractivity contribution in [3.63, 3.8) is 0 Å². The van der Waals surface area contributed by atoms with Gasteiger partial charge in [-0.2, -0.15) is 0 Å². The molecule has 0 aliphatic heterocycles. The van der Waals surface area contributed by atoms with Crippen LogP contribution in [0.3, 0.4) is 0 Å². The number of methoxy groups -OCH3 is 1. The molecule has 2 saturated carbocycles. The zero-order chi connectivity index (χ0) is 17.1. The molecule has 2 fully saturated rings. The summed E-state index contributed by atoms with van der Waals surface area (Å²) in [6.45, 7) is 6.17. The number of aromatic hydroxyl groups is 1. The van der Waals surface area contributed by atoms with Gasteiger partial charge < -0.3 is 14.9 Å². The van der Waals surface area contributed by atoms with Gasteiger partial charge in [-0.3, -0.25) is 0 Å². The van der Waals surface area contributed by atoms with Gasteiger partial charge in [-0.05, 0) is 67.2 Å². The molecule has 0 spiro atoms. The molecular weight excluding hydrogens is 300 g/mol. The quantitative estimate of drug-likeness (QED) is 0.812. The molecule has 6 atom stereocenters. The van der Waals surface area contributed by atoms with Crippen LogP contribution in [0.5, 0.6) is 5.75 Å². The molecule has 1 aromatic rings. The second-order valence-electron chi connectivity index (χ2n) is 8.28. The number of fused-ring (bicyclic) bond motifs is 5. The summed E-state index contributed by atoms with van der Waals surface area (Å²) in [7, 11) is 1.79. The SMILES string of the molecule is C=C[C@]1(O)CC[C@H]2[C@@H]3CCc4cc(O)ccc4[C@H]3[C@@H](OC)C[C@@]21C. The van der Waals surface area contributed by atoms with Crippen LogP contribution in [0.2, 0.25) is 0 Å². The highest BCUT2D eigenvalue weighted by atomic mass is 16.5. The molecule has 0 saturated heterocycles. The van der Waals surface area contributed by atoms with E-state index in [1.54, 1.807) is 19.3 Å². The predicted molar refractivity (Wildman–Crippen MR) is 94.1 cm³/mol. The minimum absolute atomic E-state index is 0.101. The summed E-state index contributed by atoms with van der Waals surface area (Å²) in [4.78, 5) is 0. The lowest BCUT2D eigenvalue weighted by molar-refractivity contribution is -0.120. The average Bonchev–Trinajstić information content (AvgIpc) is 2.85. The van der Waals surface area contributed by atoms with Crippen molar-refractivity contribution in [2.45, 2.75) is 56.7 Å². The number of hydrogen-bond acceptors (Lipinski definition) is 3. The van der Waals surface area contributed by atoms with Crippen LogP contribution >= 0.6 is 0 Å². The Labute approximate surface area is 144 Å². The fourth-order valence-corrected chi connectivity index (χ4v) is 6.22. The Hall–Kier alpha value is -1.32. The Kier molecular flexibility index (Phi) is 3.59. The minimum atomic E-state index is -0.783. The number of rotatable bonds is 2. The lowest BCUT2D eigenvalue weighted by Gasteiger charge is -2.55. The van der Waals surface area contributed by atoms with Crippen molar-refractivity contribution < 1.29 is 14.9 Å². The number of aryl methyl sites for hydroxylation is 1. The molecule has 0 unspecified atom stereocenters. The fraction of sp³-hybridized carbons (Fsp3) is 0.619. The largest absolute Gasteiger partial charge is 0.508 e.